The quantitative estimate of drug-likeness (QED) is 0.812. The lowest BCUT2D eigenvalue weighted by atomic mass is 10.2. The summed E-state index contributed by atoms with van der Waals surface area (Å²) >= 11 is 0. The number of ether oxygens (including phenoxy) is 2. The van der Waals surface area contributed by atoms with Gasteiger partial charge in [-0.1, -0.05) is 18.2 Å². The second kappa shape index (κ2) is 5.14. The third-order valence-corrected chi connectivity index (χ3v) is 2.52. The standard InChI is InChI=1S/C12H17NO2/c1-10-4-2-3-5-12(10)15-9-11-8-13-6-7-14-11/h2-5,11,13H,6-9H2,1H3/t11-/m1/s1. The van der Waals surface area contributed by atoms with E-state index >= 15 is 0 Å². The van der Waals surface area contributed by atoms with Crippen molar-refractivity contribution in [3.8, 4) is 5.75 Å². The highest BCUT2D eigenvalue weighted by molar-refractivity contribution is 5.31. The van der Waals surface area contributed by atoms with Crippen LogP contribution >= 0.6 is 0 Å². The number of benzene rings is 1. The van der Waals surface area contributed by atoms with E-state index in [0.29, 0.717) is 6.61 Å². The molecule has 1 atom stereocenters. The molecule has 0 bridgehead atoms. The SMILES string of the molecule is Cc1ccccc1OC[C@H]1CNCCO1. The number of morpholine rings is 1. The van der Waals surface area contributed by atoms with Gasteiger partial charge in [0.15, 0.2) is 0 Å². The Hall–Kier alpha value is -1.06. The first-order valence-corrected chi connectivity index (χ1v) is 5.37. The van der Waals surface area contributed by atoms with Gasteiger partial charge >= 0.3 is 0 Å². The average molecular weight is 207 g/mol. The van der Waals surface area contributed by atoms with Crippen LogP contribution in [0.25, 0.3) is 0 Å². The fourth-order valence-electron chi connectivity index (χ4n) is 1.63. The van der Waals surface area contributed by atoms with Crippen LogP contribution in [0.2, 0.25) is 0 Å². The summed E-state index contributed by atoms with van der Waals surface area (Å²) in [5.41, 5.74) is 1.17. The van der Waals surface area contributed by atoms with E-state index in [-0.39, 0.29) is 6.10 Å². The minimum absolute atomic E-state index is 0.179. The van der Waals surface area contributed by atoms with Crippen molar-refractivity contribution in [2.45, 2.75) is 13.0 Å². The molecular weight excluding hydrogens is 190 g/mol. The normalized spacial score (nSPS) is 21.3. The third kappa shape index (κ3) is 2.94. The molecule has 82 valence electrons. The zero-order valence-corrected chi connectivity index (χ0v) is 9.03. The van der Waals surface area contributed by atoms with E-state index in [0.717, 1.165) is 25.4 Å². The fraction of sp³-hybridized carbons (Fsp3) is 0.500. The van der Waals surface area contributed by atoms with Gasteiger partial charge < -0.3 is 14.8 Å². The lowest BCUT2D eigenvalue weighted by Crippen LogP contribution is -2.41. The second-order valence-electron chi connectivity index (χ2n) is 3.77. The van der Waals surface area contributed by atoms with Gasteiger partial charge in [0, 0.05) is 13.1 Å². The van der Waals surface area contributed by atoms with Crippen LogP contribution in [0.4, 0.5) is 0 Å². The Kier molecular flexibility index (Phi) is 3.59. The van der Waals surface area contributed by atoms with Gasteiger partial charge in [-0.15, -0.1) is 0 Å². The molecule has 0 spiro atoms. The average Bonchev–Trinajstić information content (AvgIpc) is 2.29. The zero-order valence-electron chi connectivity index (χ0n) is 9.03. The van der Waals surface area contributed by atoms with Crippen molar-refractivity contribution in [3.05, 3.63) is 29.8 Å². The molecule has 1 N–H and O–H groups in total. The Morgan fingerprint density at radius 2 is 2.33 bits per heavy atom. The minimum Gasteiger partial charge on any atom is -0.491 e. The zero-order chi connectivity index (χ0) is 10.5. The van der Waals surface area contributed by atoms with Crippen LogP contribution in [0, 0.1) is 6.92 Å². The summed E-state index contributed by atoms with van der Waals surface area (Å²) in [5.74, 6) is 0.951. The van der Waals surface area contributed by atoms with Gasteiger partial charge in [0.1, 0.15) is 18.5 Å². The molecule has 1 fully saturated rings. The summed E-state index contributed by atoms with van der Waals surface area (Å²) in [5, 5.41) is 3.28. The second-order valence-corrected chi connectivity index (χ2v) is 3.77. The van der Waals surface area contributed by atoms with Crippen molar-refractivity contribution in [1.82, 2.24) is 5.32 Å². The van der Waals surface area contributed by atoms with Crippen molar-refractivity contribution >= 4 is 0 Å². The predicted octanol–water partition coefficient (Wildman–Crippen LogP) is 1.36. The van der Waals surface area contributed by atoms with Crippen LogP contribution < -0.4 is 10.1 Å². The van der Waals surface area contributed by atoms with Gasteiger partial charge in [-0.25, -0.2) is 0 Å². The third-order valence-electron chi connectivity index (χ3n) is 2.52. The molecule has 1 saturated heterocycles. The van der Waals surface area contributed by atoms with Crippen molar-refractivity contribution in [3.63, 3.8) is 0 Å². The molecule has 0 aromatic heterocycles. The van der Waals surface area contributed by atoms with Crippen LogP contribution in [-0.4, -0.2) is 32.4 Å². The first-order valence-electron chi connectivity index (χ1n) is 5.37. The number of para-hydroxylation sites is 1. The van der Waals surface area contributed by atoms with E-state index < -0.39 is 0 Å². The van der Waals surface area contributed by atoms with E-state index in [2.05, 4.69) is 18.3 Å². The first kappa shape index (κ1) is 10.5. The summed E-state index contributed by atoms with van der Waals surface area (Å²) in [7, 11) is 0. The highest BCUT2D eigenvalue weighted by Gasteiger charge is 2.13. The molecule has 2 rings (SSSR count). The molecule has 1 aromatic rings. The maximum atomic E-state index is 5.71. The predicted molar refractivity (Wildman–Crippen MR) is 59.3 cm³/mol. The topological polar surface area (TPSA) is 30.5 Å². The number of aryl methyl sites for hydroxylation is 1. The van der Waals surface area contributed by atoms with Crippen molar-refractivity contribution < 1.29 is 9.47 Å². The molecule has 1 aromatic carbocycles. The number of rotatable bonds is 3. The smallest absolute Gasteiger partial charge is 0.122 e. The fourth-order valence-corrected chi connectivity index (χ4v) is 1.63. The molecule has 0 radical (unpaired) electrons. The monoisotopic (exact) mass is 207 g/mol. The molecule has 3 heteroatoms. The van der Waals surface area contributed by atoms with Crippen LogP contribution in [0.3, 0.4) is 0 Å². The lowest BCUT2D eigenvalue weighted by Gasteiger charge is -2.23. The maximum absolute atomic E-state index is 5.71. The summed E-state index contributed by atoms with van der Waals surface area (Å²) < 4.78 is 11.3. The molecule has 0 saturated carbocycles. The van der Waals surface area contributed by atoms with Gasteiger partial charge in [-0.2, -0.15) is 0 Å². The molecule has 15 heavy (non-hydrogen) atoms. The van der Waals surface area contributed by atoms with E-state index in [9.17, 15) is 0 Å². The van der Waals surface area contributed by atoms with Crippen LogP contribution in [-0.2, 0) is 4.74 Å². The van der Waals surface area contributed by atoms with Crippen LogP contribution in [0.5, 0.6) is 5.75 Å². The first-order chi connectivity index (χ1) is 7.36. The van der Waals surface area contributed by atoms with E-state index in [4.69, 9.17) is 9.47 Å². The molecular formula is C12H17NO2. The van der Waals surface area contributed by atoms with Gasteiger partial charge in [0.25, 0.3) is 0 Å². The summed E-state index contributed by atoms with van der Waals surface area (Å²) in [6, 6.07) is 8.05. The Balaban J connectivity index is 1.84. The molecule has 1 aliphatic heterocycles. The van der Waals surface area contributed by atoms with Crippen molar-refractivity contribution in [2.75, 3.05) is 26.3 Å². The van der Waals surface area contributed by atoms with Crippen molar-refractivity contribution in [1.29, 1.82) is 0 Å². The Morgan fingerprint density at radius 3 is 3.07 bits per heavy atom. The van der Waals surface area contributed by atoms with Gasteiger partial charge in [0.2, 0.25) is 0 Å². The minimum atomic E-state index is 0.179. The van der Waals surface area contributed by atoms with Crippen LogP contribution in [0.1, 0.15) is 5.56 Å². The number of nitrogens with one attached hydrogen (secondary N) is 1. The van der Waals surface area contributed by atoms with Gasteiger partial charge in [-0.3, -0.25) is 0 Å². The maximum Gasteiger partial charge on any atom is 0.122 e. The highest BCUT2D eigenvalue weighted by Crippen LogP contribution is 2.16. The van der Waals surface area contributed by atoms with Crippen molar-refractivity contribution in [2.24, 2.45) is 0 Å². The van der Waals surface area contributed by atoms with E-state index in [1.165, 1.54) is 5.56 Å². The Morgan fingerprint density at radius 1 is 1.47 bits per heavy atom. The molecule has 0 unspecified atom stereocenters. The lowest BCUT2D eigenvalue weighted by molar-refractivity contribution is 0.0000675. The summed E-state index contributed by atoms with van der Waals surface area (Å²) in [4.78, 5) is 0. The molecule has 0 aliphatic carbocycles. The molecule has 1 aliphatic rings. The number of hydrogen-bond acceptors (Lipinski definition) is 3. The summed E-state index contributed by atoms with van der Waals surface area (Å²) in [6.07, 6.45) is 0.179. The van der Waals surface area contributed by atoms with E-state index in [1.54, 1.807) is 0 Å². The Labute approximate surface area is 90.4 Å². The summed E-state index contributed by atoms with van der Waals surface area (Å²) in [6.45, 7) is 5.28. The number of hydrogen-bond donors (Lipinski definition) is 1. The highest BCUT2D eigenvalue weighted by atomic mass is 16.5. The molecule has 3 nitrogen and oxygen atoms in total. The van der Waals surface area contributed by atoms with Gasteiger partial charge in [0.05, 0.1) is 6.61 Å². The molecule has 1 heterocycles. The Bertz CT molecular complexity index is 308. The largest absolute Gasteiger partial charge is 0.491 e. The van der Waals surface area contributed by atoms with Crippen LogP contribution in [0.15, 0.2) is 24.3 Å². The van der Waals surface area contributed by atoms with E-state index in [1.807, 2.05) is 18.2 Å². The molecule has 0 amide bonds. The van der Waals surface area contributed by atoms with Gasteiger partial charge in [-0.05, 0) is 18.6 Å².